The van der Waals surface area contributed by atoms with Gasteiger partial charge in [-0.2, -0.15) is 4.98 Å². The fraction of sp³-hybridized carbons (Fsp3) is 0.238. The Labute approximate surface area is 173 Å². The number of aromatic nitrogens is 2. The zero-order chi connectivity index (χ0) is 20.4. The number of nitrogens with zero attached hydrogens (tertiary/aromatic N) is 2. The van der Waals surface area contributed by atoms with E-state index >= 15 is 0 Å². The molecule has 4 rings (SSSR count). The van der Waals surface area contributed by atoms with Crippen LogP contribution in [0.1, 0.15) is 25.2 Å². The summed E-state index contributed by atoms with van der Waals surface area (Å²) < 4.78 is 36.4. The molecule has 0 atom stereocenters. The van der Waals surface area contributed by atoms with Crippen molar-refractivity contribution < 1.29 is 17.4 Å². The van der Waals surface area contributed by atoms with E-state index < -0.39 is 9.84 Å². The summed E-state index contributed by atoms with van der Waals surface area (Å²) in [6.07, 6.45) is 0.916. The van der Waals surface area contributed by atoms with Gasteiger partial charge in [0.15, 0.2) is 15.6 Å². The molecule has 0 aliphatic rings. The number of rotatable bonds is 7. The van der Waals surface area contributed by atoms with Crippen LogP contribution in [0, 0.1) is 5.92 Å². The number of hydrogen-bond donors (Lipinski definition) is 0. The third-order valence-corrected chi connectivity index (χ3v) is 6.82. The highest BCUT2D eigenvalue weighted by Crippen LogP contribution is 2.27. The van der Waals surface area contributed by atoms with Crippen molar-refractivity contribution in [2.24, 2.45) is 5.92 Å². The molecule has 1 aromatic carbocycles. The Balaban J connectivity index is 1.50. The van der Waals surface area contributed by atoms with Gasteiger partial charge in [-0.1, -0.05) is 37.2 Å². The van der Waals surface area contributed by atoms with E-state index in [0.717, 1.165) is 16.9 Å². The first kappa shape index (κ1) is 19.6. The van der Waals surface area contributed by atoms with Crippen molar-refractivity contribution in [3.63, 3.8) is 0 Å². The molecule has 0 unspecified atom stereocenters. The second-order valence-electron chi connectivity index (χ2n) is 7.17. The summed E-state index contributed by atoms with van der Waals surface area (Å²) in [5.41, 5.74) is 1.12. The van der Waals surface area contributed by atoms with Gasteiger partial charge < -0.3 is 8.94 Å². The summed E-state index contributed by atoms with van der Waals surface area (Å²) in [7, 11) is -3.52. The van der Waals surface area contributed by atoms with Crippen molar-refractivity contribution in [1.29, 1.82) is 0 Å². The summed E-state index contributed by atoms with van der Waals surface area (Å²) in [6, 6.07) is 14.1. The lowest BCUT2D eigenvalue weighted by molar-refractivity contribution is 0.413. The summed E-state index contributed by atoms with van der Waals surface area (Å²) >= 11 is 1.50. The molecule has 0 bridgehead atoms. The first-order valence-electron chi connectivity index (χ1n) is 9.19. The third-order valence-electron chi connectivity index (χ3n) is 4.30. The van der Waals surface area contributed by atoms with E-state index in [1.807, 2.05) is 29.6 Å². The molecule has 4 aromatic rings. The Kier molecular flexibility index (Phi) is 5.38. The molecule has 0 aliphatic carbocycles. The fourth-order valence-electron chi connectivity index (χ4n) is 2.97. The van der Waals surface area contributed by atoms with Crippen molar-refractivity contribution in [2.75, 3.05) is 0 Å². The number of benzene rings is 1. The van der Waals surface area contributed by atoms with Crippen molar-refractivity contribution in [2.45, 2.75) is 30.9 Å². The zero-order valence-electron chi connectivity index (χ0n) is 16.0. The monoisotopic (exact) mass is 428 g/mol. The summed E-state index contributed by atoms with van der Waals surface area (Å²) in [4.78, 5) is 5.48. The van der Waals surface area contributed by atoms with Crippen LogP contribution in [0.3, 0.4) is 0 Å². The van der Waals surface area contributed by atoms with E-state index in [-0.39, 0.29) is 16.5 Å². The topological polar surface area (TPSA) is 86.2 Å². The molecule has 0 fully saturated rings. The minimum atomic E-state index is -3.52. The molecule has 0 spiro atoms. The minimum Gasteiger partial charge on any atom is -0.455 e. The molecule has 3 aromatic heterocycles. The van der Waals surface area contributed by atoms with Crippen molar-refractivity contribution in [1.82, 2.24) is 10.1 Å². The highest BCUT2D eigenvalue weighted by atomic mass is 32.2. The van der Waals surface area contributed by atoms with Gasteiger partial charge in [-0.25, -0.2) is 8.42 Å². The van der Waals surface area contributed by atoms with Crippen LogP contribution in [0.2, 0.25) is 0 Å². The Morgan fingerprint density at radius 3 is 2.55 bits per heavy atom. The lowest BCUT2D eigenvalue weighted by Crippen LogP contribution is -2.04. The van der Waals surface area contributed by atoms with Crippen LogP contribution in [0.15, 0.2) is 67.7 Å². The van der Waals surface area contributed by atoms with Crippen LogP contribution in [0.5, 0.6) is 0 Å². The molecule has 0 saturated heterocycles. The van der Waals surface area contributed by atoms with Gasteiger partial charge in [0.25, 0.3) is 5.89 Å². The second-order valence-corrected chi connectivity index (χ2v) is 10.1. The highest BCUT2D eigenvalue weighted by molar-refractivity contribution is 7.90. The molecule has 0 radical (unpaired) electrons. The van der Waals surface area contributed by atoms with E-state index in [4.69, 9.17) is 8.94 Å². The number of sulfone groups is 1. The molecule has 29 heavy (non-hydrogen) atoms. The lowest BCUT2D eigenvalue weighted by atomic mass is 10.0. The van der Waals surface area contributed by atoms with Gasteiger partial charge in [0.1, 0.15) is 11.5 Å². The molecular weight excluding hydrogens is 408 g/mol. The van der Waals surface area contributed by atoms with Gasteiger partial charge in [-0.05, 0) is 53.6 Å². The third kappa shape index (κ3) is 4.49. The van der Waals surface area contributed by atoms with E-state index in [1.165, 1.54) is 11.3 Å². The summed E-state index contributed by atoms with van der Waals surface area (Å²) in [6.45, 7) is 4.26. The van der Waals surface area contributed by atoms with Gasteiger partial charge >= 0.3 is 0 Å². The number of thiophene rings is 1. The van der Waals surface area contributed by atoms with Crippen molar-refractivity contribution >= 4 is 21.2 Å². The molecule has 0 amide bonds. The molecule has 0 aliphatic heterocycles. The van der Waals surface area contributed by atoms with Gasteiger partial charge in [-0.3, -0.25) is 0 Å². The number of hydrogen-bond acceptors (Lipinski definition) is 7. The predicted octanol–water partition coefficient (Wildman–Crippen LogP) is 5.23. The van der Waals surface area contributed by atoms with E-state index in [9.17, 15) is 8.42 Å². The van der Waals surface area contributed by atoms with Crippen LogP contribution >= 0.6 is 11.3 Å². The van der Waals surface area contributed by atoms with Crippen molar-refractivity contribution in [3.8, 4) is 22.4 Å². The predicted molar refractivity (Wildman–Crippen MR) is 111 cm³/mol. The Morgan fingerprint density at radius 2 is 1.86 bits per heavy atom. The largest absolute Gasteiger partial charge is 0.455 e. The molecule has 0 saturated carbocycles. The average molecular weight is 429 g/mol. The van der Waals surface area contributed by atoms with Gasteiger partial charge in [0, 0.05) is 0 Å². The molecule has 6 nitrogen and oxygen atoms in total. The zero-order valence-corrected chi connectivity index (χ0v) is 17.7. The van der Waals surface area contributed by atoms with Gasteiger partial charge in [0.2, 0.25) is 5.82 Å². The molecule has 0 N–H and O–H groups in total. The van der Waals surface area contributed by atoms with Crippen LogP contribution < -0.4 is 0 Å². The Bertz CT molecular complexity index is 1190. The smallest absolute Gasteiger partial charge is 0.293 e. The normalized spacial score (nSPS) is 12.0. The second kappa shape index (κ2) is 7.96. The molecule has 3 heterocycles. The lowest BCUT2D eigenvalue weighted by Gasteiger charge is -2.07. The van der Waals surface area contributed by atoms with E-state index in [2.05, 4.69) is 24.0 Å². The average Bonchev–Trinajstić information content (AvgIpc) is 3.42. The SMILES string of the molecule is CC(C)Cc1ccc(S(=O)(=O)Cc2ccc(-c3nc(-c4cccs4)no3)o2)cc1. The van der Waals surface area contributed by atoms with E-state index in [1.54, 1.807) is 24.3 Å². The molecule has 8 heteroatoms. The standard InChI is InChI=1S/C21H20N2O4S2/c1-14(2)12-15-5-8-17(9-6-15)29(24,25)13-16-7-10-18(26-16)21-22-20(23-27-21)19-4-3-11-28-19/h3-11,14H,12-13H2,1-2H3. The maximum absolute atomic E-state index is 12.7. The Morgan fingerprint density at radius 1 is 1.07 bits per heavy atom. The van der Waals surface area contributed by atoms with Crippen LogP contribution in [0.4, 0.5) is 0 Å². The molecule has 150 valence electrons. The fourth-order valence-corrected chi connectivity index (χ4v) is 4.87. The molecular formula is C21H20N2O4S2. The highest BCUT2D eigenvalue weighted by Gasteiger charge is 2.20. The van der Waals surface area contributed by atoms with Crippen LogP contribution in [0.25, 0.3) is 22.4 Å². The minimum absolute atomic E-state index is 0.218. The first-order valence-corrected chi connectivity index (χ1v) is 11.7. The first-order chi connectivity index (χ1) is 13.9. The van der Waals surface area contributed by atoms with Crippen molar-refractivity contribution in [3.05, 3.63) is 65.2 Å². The van der Waals surface area contributed by atoms with Crippen LogP contribution in [-0.2, 0) is 22.0 Å². The quantitative estimate of drug-likeness (QED) is 0.401. The Hall–Kier alpha value is -2.71. The maximum Gasteiger partial charge on any atom is 0.293 e. The maximum atomic E-state index is 12.7. The summed E-state index contributed by atoms with van der Waals surface area (Å²) in [5, 5.41) is 5.87. The van der Waals surface area contributed by atoms with Gasteiger partial charge in [-0.15, -0.1) is 11.3 Å². The van der Waals surface area contributed by atoms with E-state index in [0.29, 0.717) is 23.3 Å². The van der Waals surface area contributed by atoms with Crippen LogP contribution in [-0.4, -0.2) is 18.6 Å². The summed E-state index contributed by atoms with van der Waals surface area (Å²) in [5.74, 6) is 1.64. The van der Waals surface area contributed by atoms with Gasteiger partial charge in [0.05, 0.1) is 9.77 Å². The number of furan rings is 1.